The molecule has 0 atom stereocenters. The van der Waals surface area contributed by atoms with E-state index in [0.29, 0.717) is 23.9 Å². The van der Waals surface area contributed by atoms with E-state index in [0.717, 1.165) is 16.6 Å². The number of nitrogens with one attached hydrogen (secondary N) is 1. The van der Waals surface area contributed by atoms with Crippen molar-refractivity contribution < 1.29 is 13.2 Å². The molecule has 0 bridgehead atoms. The van der Waals surface area contributed by atoms with E-state index in [-0.39, 0.29) is 5.95 Å². The van der Waals surface area contributed by atoms with Crippen molar-refractivity contribution in [1.29, 1.82) is 0 Å². The Hall–Kier alpha value is -1.35. The van der Waals surface area contributed by atoms with Gasteiger partial charge < -0.3 is 4.74 Å². The predicted molar refractivity (Wildman–Crippen MR) is 95.8 cm³/mol. The number of anilines is 1. The van der Waals surface area contributed by atoms with Gasteiger partial charge in [-0.1, -0.05) is 19.8 Å². The maximum absolute atomic E-state index is 11.4. The molecule has 0 saturated heterocycles. The maximum atomic E-state index is 11.4. The van der Waals surface area contributed by atoms with Gasteiger partial charge in [-0.3, -0.25) is 9.12 Å². The lowest BCUT2D eigenvalue weighted by molar-refractivity contribution is 0.187. The predicted octanol–water partition coefficient (Wildman–Crippen LogP) is 3.07. The Balaban J connectivity index is 1.74. The highest BCUT2D eigenvalue weighted by Crippen LogP contribution is 2.31. The fraction of sp³-hybridized carbons (Fsp3) is 0.600. The van der Waals surface area contributed by atoms with Crippen LogP contribution in [0.5, 0.6) is 5.75 Å². The summed E-state index contributed by atoms with van der Waals surface area (Å²) < 4.78 is 33.3. The Morgan fingerprint density at radius 1 is 1.33 bits per heavy atom. The number of pyridine rings is 1. The van der Waals surface area contributed by atoms with Crippen molar-refractivity contribution in [3.8, 4) is 5.75 Å². The van der Waals surface area contributed by atoms with E-state index in [1.165, 1.54) is 25.7 Å². The van der Waals surface area contributed by atoms with Gasteiger partial charge in [0.15, 0.2) is 5.65 Å². The molecular weight excluding hydrogens is 396 g/mol. The van der Waals surface area contributed by atoms with Gasteiger partial charge in [0.25, 0.3) is 0 Å². The summed E-state index contributed by atoms with van der Waals surface area (Å²) in [5.74, 6) is 2.26. The third kappa shape index (κ3) is 4.18. The zero-order valence-electron chi connectivity index (χ0n) is 13.7. The first-order valence-electron chi connectivity index (χ1n) is 7.96. The number of aromatic nitrogens is 3. The molecule has 2 aromatic heterocycles. The molecule has 2 aromatic rings. The lowest BCUT2D eigenvalue weighted by atomic mass is 9.83. The molecule has 132 valence electrons. The number of sulfonamides is 1. The van der Waals surface area contributed by atoms with Crippen molar-refractivity contribution in [2.45, 2.75) is 32.6 Å². The molecule has 1 saturated carbocycles. The first-order valence-corrected chi connectivity index (χ1v) is 10.6. The number of fused-ring (bicyclic) bond motifs is 1. The van der Waals surface area contributed by atoms with Gasteiger partial charge in [0.1, 0.15) is 5.75 Å². The molecule has 1 fully saturated rings. The fourth-order valence-corrected chi connectivity index (χ4v) is 3.85. The summed E-state index contributed by atoms with van der Waals surface area (Å²) in [6.07, 6.45) is 7.72. The summed E-state index contributed by atoms with van der Waals surface area (Å²) in [6, 6.07) is 1.76. The molecule has 0 amide bonds. The molecule has 0 aromatic carbocycles. The summed E-state index contributed by atoms with van der Waals surface area (Å²) in [4.78, 5) is 0. The second-order valence-corrected chi connectivity index (χ2v) is 9.15. The third-order valence-corrected chi connectivity index (χ3v) is 5.50. The first-order chi connectivity index (χ1) is 11.3. The standard InChI is InChI=1S/C15H21BrN4O3S/c1-10-3-5-11(6-4-10)9-23-13-7-14-17-18-15(19-24(2,21)22)20(14)8-12(13)16/h7-8,10-11H,3-6,9H2,1-2H3,(H,18,19). The second-order valence-electron chi connectivity index (χ2n) is 6.55. The SMILES string of the molecule is CC1CCC(COc2cc3nnc(NS(C)(=O)=O)n3cc2Br)CC1. The second kappa shape index (κ2) is 6.87. The average Bonchev–Trinajstić information content (AvgIpc) is 2.87. The van der Waals surface area contributed by atoms with Crippen molar-refractivity contribution in [2.24, 2.45) is 11.8 Å². The number of ether oxygens (including phenoxy) is 1. The number of nitrogens with zero attached hydrogens (tertiary/aromatic N) is 3. The van der Waals surface area contributed by atoms with Gasteiger partial charge in [-0.05, 0) is 40.6 Å². The van der Waals surface area contributed by atoms with E-state index in [9.17, 15) is 8.42 Å². The van der Waals surface area contributed by atoms with Gasteiger partial charge >= 0.3 is 0 Å². The minimum absolute atomic E-state index is 0.154. The number of hydrogen-bond donors (Lipinski definition) is 1. The molecule has 1 aliphatic carbocycles. The van der Waals surface area contributed by atoms with Crippen molar-refractivity contribution in [3.63, 3.8) is 0 Å². The highest BCUT2D eigenvalue weighted by atomic mass is 79.9. The molecule has 0 spiro atoms. The normalized spacial score (nSPS) is 21.8. The highest BCUT2D eigenvalue weighted by molar-refractivity contribution is 9.10. The van der Waals surface area contributed by atoms with Crippen LogP contribution in [0.3, 0.4) is 0 Å². The summed E-state index contributed by atoms with van der Waals surface area (Å²) in [5, 5.41) is 7.86. The van der Waals surface area contributed by atoms with E-state index in [2.05, 4.69) is 37.8 Å². The average molecular weight is 417 g/mol. The van der Waals surface area contributed by atoms with Crippen LogP contribution in [-0.2, 0) is 10.0 Å². The van der Waals surface area contributed by atoms with E-state index in [1.54, 1.807) is 16.7 Å². The zero-order valence-corrected chi connectivity index (χ0v) is 16.1. The molecule has 9 heteroatoms. The minimum atomic E-state index is -3.41. The van der Waals surface area contributed by atoms with Crippen molar-refractivity contribution in [2.75, 3.05) is 17.6 Å². The van der Waals surface area contributed by atoms with Crippen LogP contribution < -0.4 is 9.46 Å². The summed E-state index contributed by atoms with van der Waals surface area (Å²) >= 11 is 3.47. The smallest absolute Gasteiger partial charge is 0.242 e. The van der Waals surface area contributed by atoms with Gasteiger partial charge in [-0.25, -0.2) is 8.42 Å². The first kappa shape index (κ1) is 17.5. The quantitative estimate of drug-likeness (QED) is 0.808. The Labute approximate surface area is 150 Å². The van der Waals surface area contributed by atoms with Crippen LogP contribution in [0.1, 0.15) is 32.6 Å². The molecule has 1 aliphatic rings. The molecule has 1 N–H and O–H groups in total. The molecular formula is C15H21BrN4O3S. The molecule has 7 nitrogen and oxygen atoms in total. The van der Waals surface area contributed by atoms with Crippen LogP contribution in [-0.4, -0.2) is 35.9 Å². The van der Waals surface area contributed by atoms with E-state index >= 15 is 0 Å². The van der Waals surface area contributed by atoms with E-state index in [1.807, 2.05) is 0 Å². The molecule has 0 aliphatic heterocycles. The number of hydrogen-bond acceptors (Lipinski definition) is 5. The highest BCUT2D eigenvalue weighted by Gasteiger charge is 2.19. The van der Waals surface area contributed by atoms with Crippen molar-refractivity contribution in [3.05, 3.63) is 16.7 Å². The van der Waals surface area contributed by atoms with Gasteiger partial charge in [0, 0.05) is 12.3 Å². The lowest BCUT2D eigenvalue weighted by Gasteiger charge is -2.26. The van der Waals surface area contributed by atoms with Crippen LogP contribution >= 0.6 is 15.9 Å². The monoisotopic (exact) mass is 416 g/mol. The van der Waals surface area contributed by atoms with Crippen LogP contribution in [0.25, 0.3) is 5.65 Å². The van der Waals surface area contributed by atoms with E-state index in [4.69, 9.17) is 4.74 Å². The Kier molecular flexibility index (Phi) is 5.00. The molecule has 3 rings (SSSR count). The van der Waals surface area contributed by atoms with Gasteiger partial charge in [-0.2, -0.15) is 0 Å². The topological polar surface area (TPSA) is 85.6 Å². The number of rotatable bonds is 5. The van der Waals surface area contributed by atoms with Crippen molar-refractivity contribution >= 4 is 37.5 Å². The minimum Gasteiger partial charge on any atom is -0.492 e. The van der Waals surface area contributed by atoms with Crippen LogP contribution in [0.2, 0.25) is 0 Å². The Morgan fingerprint density at radius 2 is 2.04 bits per heavy atom. The fourth-order valence-electron chi connectivity index (χ4n) is 2.94. The third-order valence-electron chi connectivity index (χ3n) is 4.35. The summed E-state index contributed by atoms with van der Waals surface area (Å²) in [7, 11) is -3.41. The Morgan fingerprint density at radius 3 is 2.71 bits per heavy atom. The van der Waals surface area contributed by atoms with Crippen LogP contribution in [0.15, 0.2) is 16.7 Å². The van der Waals surface area contributed by atoms with Crippen LogP contribution in [0, 0.1) is 11.8 Å². The van der Waals surface area contributed by atoms with Gasteiger partial charge in [-0.15, -0.1) is 10.2 Å². The van der Waals surface area contributed by atoms with E-state index < -0.39 is 10.0 Å². The van der Waals surface area contributed by atoms with Gasteiger partial charge in [0.05, 0.1) is 17.3 Å². The molecule has 0 unspecified atom stereocenters. The van der Waals surface area contributed by atoms with Crippen LogP contribution in [0.4, 0.5) is 5.95 Å². The zero-order chi connectivity index (χ0) is 17.3. The molecule has 24 heavy (non-hydrogen) atoms. The summed E-state index contributed by atoms with van der Waals surface area (Å²) in [6.45, 7) is 2.99. The largest absolute Gasteiger partial charge is 0.492 e. The molecule has 2 heterocycles. The van der Waals surface area contributed by atoms with Crippen molar-refractivity contribution in [1.82, 2.24) is 14.6 Å². The summed E-state index contributed by atoms with van der Waals surface area (Å²) in [5.41, 5.74) is 0.525. The number of halogens is 1. The van der Waals surface area contributed by atoms with Gasteiger partial charge in [0.2, 0.25) is 16.0 Å². The lowest BCUT2D eigenvalue weighted by Crippen LogP contribution is -2.19. The maximum Gasteiger partial charge on any atom is 0.242 e. The molecule has 0 radical (unpaired) electrons. The Bertz CT molecular complexity index is 829.